The van der Waals surface area contributed by atoms with E-state index in [2.05, 4.69) is 34.7 Å². The van der Waals surface area contributed by atoms with Gasteiger partial charge in [0.1, 0.15) is 30.4 Å². The molecule has 6 aliphatic rings. The van der Waals surface area contributed by atoms with Gasteiger partial charge in [0.15, 0.2) is 23.6 Å². The minimum atomic E-state index is -0.933. The molecule has 0 bridgehead atoms. The SMILES string of the molecule is CN=C(N)NCC(C)CCC1CCC(N)CC1CCCCC1[OH+][C-](CCc2ccc(O)c(OCC(O)C3=C[C+]4C(=N3)CC3(CCCC3)C3CCCC3C4CNCC(C)O)c2)C=C1CO. The Morgan fingerprint density at radius 2 is 1.88 bits per heavy atom. The number of nitrogens with one attached hydrogen (secondary N) is 2. The Morgan fingerprint density at radius 1 is 1.06 bits per heavy atom. The van der Waals surface area contributed by atoms with Crippen LogP contribution in [0.2, 0.25) is 0 Å². The van der Waals surface area contributed by atoms with Crippen molar-refractivity contribution in [1.29, 1.82) is 0 Å². The first-order valence-electron chi connectivity index (χ1n) is 25.2. The van der Waals surface area contributed by atoms with Crippen molar-refractivity contribution in [3.8, 4) is 11.5 Å². The van der Waals surface area contributed by atoms with Crippen molar-refractivity contribution in [3.63, 3.8) is 0 Å². The maximum absolute atomic E-state index is 11.5. The summed E-state index contributed by atoms with van der Waals surface area (Å²) in [6, 6.07) is 5.75. The van der Waals surface area contributed by atoms with Gasteiger partial charge in [-0.25, -0.2) is 0 Å². The van der Waals surface area contributed by atoms with E-state index in [-0.39, 0.29) is 25.1 Å². The van der Waals surface area contributed by atoms with Crippen molar-refractivity contribution < 1.29 is 29.9 Å². The molecular weight excluding hydrogens is 805 g/mol. The fourth-order valence-corrected chi connectivity index (χ4v) is 12.7. The van der Waals surface area contributed by atoms with Gasteiger partial charge in [-0.2, -0.15) is 0 Å². The summed E-state index contributed by atoms with van der Waals surface area (Å²) in [5.41, 5.74) is 16.4. The van der Waals surface area contributed by atoms with Crippen molar-refractivity contribution in [1.82, 2.24) is 10.6 Å². The number of nitrogens with two attached hydrogens (primary N) is 2. The van der Waals surface area contributed by atoms with Crippen LogP contribution in [0, 0.1) is 52.9 Å². The molecule has 10 unspecified atom stereocenters. The average molecular weight is 888 g/mol. The normalized spacial score (nSPS) is 29.2. The average Bonchev–Trinajstić information content (AvgIpc) is 4.11. The zero-order chi connectivity index (χ0) is 45.2. The van der Waals surface area contributed by atoms with Crippen molar-refractivity contribution in [2.75, 3.05) is 39.9 Å². The lowest BCUT2D eigenvalue weighted by Crippen LogP contribution is -2.38. The van der Waals surface area contributed by atoms with Crippen LogP contribution >= 0.6 is 0 Å². The molecular formula is C52H83N6O6+. The fraction of sp³-hybridized carbons (Fsp3) is 0.731. The maximum Gasteiger partial charge on any atom is 0.208 e. The van der Waals surface area contributed by atoms with E-state index >= 15 is 0 Å². The number of benzene rings is 1. The third-order valence-corrected chi connectivity index (χ3v) is 16.2. The Labute approximate surface area is 384 Å². The number of phenolic OH excluding ortho intramolecular Hbond substituents is 1. The highest BCUT2D eigenvalue weighted by Crippen LogP contribution is 2.61. The molecule has 4 aliphatic carbocycles. The highest BCUT2D eigenvalue weighted by atomic mass is 16.5. The molecule has 2 aliphatic heterocycles. The first-order chi connectivity index (χ1) is 30.9. The second-order valence-corrected chi connectivity index (χ2v) is 20.8. The molecule has 1 aromatic rings. The van der Waals surface area contributed by atoms with Gasteiger partial charge in [-0.1, -0.05) is 45.1 Å². The summed E-state index contributed by atoms with van der Waals surface area (Å²) in [4.78, 5) is 9.16. The van der Waals surface area contributed by atoms with Crippen LogP contribution in [0.4, 0.5) is 0 Å². The second kappa shape index (κ2) is 23.0. The number of unbranched alkanes of at least 4 members (excludes halogenated alkanes) is 1. The quantitative estimate of drug-likeness (QED) is 0.0209. The van der Waals surface area contributed by atoms with Gasteiger partial charge in [0.2, 0.25) is 5.70 Å². The van der Waals surface area contributed by atoms with E-state index in [0.29, 0.717) is 71.4 Å². The fourth-order valence-electron chi connectivity index (χ4n) is 12.7. The lowest BCUT2D eigenvalue weighted by atomic mass is 9.66. The second-order valence-electron chi connectivity index (χ2n) is 20.8. The van der Waals surface area contributed by atoms with Gasteiger partial charge in [0.05, 0.1) is 18.1 Å². The van der Waals surface area contributed by atoms with Gasteiger partial charge in [-0.05, 0) is 137 Å². The van der Waals surface area contributed by atoms with Gasteiger partial charge < -0.3 is 52.0 Å². The van der Waals surface area contributed by atoms with Crippen LogP contribution in [0.1, 0.15) is 135 Å². The Bertz CT molecular complexity index is 1780. The summed E-state index contributed by atoms with van der Waals surface area (Å²) in [6.07, 6.45) is 25.4. The lowest BCUT2D eigenvalue weighted by Gasteiger charge is -2.37. The smallest absolute Gasteiger partial charge is 0.208 e. The van der Waals surface area contributed by atoms with E-state index in [4.69, 9.17) is 25.9 Å². The van der Waals surface area contributed by atoms with Crippen LogP contribution in [0.15, 0.2) is 51.6 Å². The van der Waals surface area contributed by atoms with E-state index < -0.39 is 12.2 Å². The standard InChI is InChI=1S/C52H82N6O6/c1-33(28-57-51(54)55-3)13-16-36-17-18-39(53)24-37(36)9-4-5-12-49-38(31-59)25-40(64-49)19-14-35-15-20-47(61)50(23-35)63-32-48(62)45-26-42-43(30-56-29-34(2)60)41-10-8-11-44(41)52(21-6-7-22-52)27-46(42)58-45/h15,20,23,25-26,33-34,36-37,39,41,43-44,48-49,56,59-60,62,64H,4-14,16-19,21-22,24,27-32,53H2,1-3H3,(H3-,54,55,57,61)/p+1. The topological polar surface area (TPSA) is 204 Å². The predicted octanol–water partition coefficient (Wildman–Crippen LogP) is 6.56. The molecule has 0 aromatic heterocycles. The predicted molar refractivity (Wildman–Crippen MR) is 257 cm³/mol. The van der Waals surface area contributed by atoms with Crippen molar-refractivity contribution in [2.45, 2.75) is 160 Å². The molecule has 2 heterocycles. The van der Waals surface area contributed by atoms with E-state index in [0.717, 1.165) is 86.9 Å². The number of aliphatic hydroxyl groups is 5. The first-order valence-corrected chi connectivity index (χ1v) is 25.2. The largest absolute Gasteiger partial charge is 0.504 e. The van der Waals surface area contributed by atoms with Crippen molar-refractivity contribution in [3.05, 3.63) is 59.2 Å². The molecule has 7 rings (SSSR count). The molecule has 1 aromatic carbocycles. The molecule has 0 amide bonds. The van der Waals surface area contributed by atoms with Crippen LogP contribution in [-0.4, -0.2) is 101 Å². The zero-order valence-corrected chi connectivity index (χ0v) is 39.3. The monoisotopic (exact) mass is 888 g/mol. The minimum Gasteiger partial charge on any atom is -0.504 e. The van der Waals surface area contributed by atoms with Gasteiger partial charge in [-0.3, -0.25) is 4.99 Å². The molecule has 0 radical (unpaired) electrons. The number of aliphatic imine (C=N–C) groups is 2. The van der Waals surface area contributed by atoms with Crippen molar-refractivity contribution >= 4 is 11.7 Å². The Morgan fingerprint density at radius 3 is 2.66 bits per heavy atom. The van der Waals surface area contributed by atoms with E-state index in [1.165, 1.54) is 76.5 Å². The number of ether oxygens (including phenoxy) is 2. The molecule has 4 fully saturated rings. The van der Waals surface area contributed by atoms with Crippen LogP contribution in [0.25, 0.3) is 0 Å². The van der Waals surface area contributed by atoms with Gasteiger partial charge in [0, 0.05) is 52.2 Å². The molecule has 12 heteroatoms. The van der Waals surface area contributed by atoms with E-state index in [9.17, 15) is 20.4 Å². The molecule has 1 spiro atoms. The molecule has 12 nitrogen and oxygen atoms in total. The number of hydrogen-bond donors (Lipinski definition) is 8. The highest BCUT2D eigenvalue weighted by molar-refractivity contribution is 6.03. The summed E-state index contributed by atoms with van der Waals surface area (Å²) < 4.78 is 11.2. The third-order valence-electron chi connectivity index (χ3n) is 16.2. The zero-order valence-electron chi connectivity index (χ0n) is 39.3. The van der Waals surface area contributed by atoms with E-state index in [1.807, 2.05) is 19.1 Å². The number of allylic oxidation sites excluding steroid dienone is 1. The lowest BCUT2D eigenvalue weighted by molar-refractivity contribution is -0.0554. The van der Waals surface area contributed by atoms with Crippen LogP contribution in [0.3, 0.4) is 0 Å². The Hall–Kier alpha value is -3.26. The van der Waals surface area contributed by atoms with Gasteiger partial charge >= 0.3 is 0 Å². The Balaban J connectivity index is 0.879. The number of fused-ring (bicyclic) bond motifs is 3. The molecule has 64 heavy (non-hydrogen) atoms. The summed E-state index contributed by atoms with van der Waals surface area (Å²) >= 11 is 0. The number of nitrogens with zero attached hydrogens (tertiary/aromatic N) is 2. The minimum absolute atomic E-state index is 0.0116. The number of guanidine groups is 1. The summed E-state index contributed by atoms with van der Waals surface area (Å²) in [7, 11) is 1.71. The molecule has 11 N–H and O–H groups in total. The van der Waals surface area contributed by atoms with Crippen LogP contribution < -0.4 is 26.8 Å². The number of phenols is 1. The first kappa shape index (κ1) is 48.7. The number of rotatable bonds is 22. The molecule has 0 saturated heterocycles. The molecule has 4 saturated carbocycles. The van der Waals surface area contributed by atoms with Gasteiger partial charge in [-0.15, -0.1) is 16.6 Å². The number of hydrogen-bond acceptors (Lipinski definition) is 9. The molecule has 356 valence electrons. The molecule has 10 atom stereocenters. The van der Waals surface area contributed by atoms with E-state index in [1.54, 1.807) is 13.1 Å². The summed E-state index contributed by atoms with van der Waals surface area (Å²) in [6.45, 7) is 6.33. The maximum atomic E-state index is 11.5. The summed E-state index contributed by atoms with van der Waals surface area (Å²) in [5.74, 6) is 5.69. The van der Waals surface area contributed by atoms with Crippen molar-refractivity contribution in [2.24, 2.45) is 62.4 Å². The third kappa shape index (κ3) is 12.4. The number of aliphatic hydroxyl groups excluding tert-OH is 3. The Kier molecular flexibility index (Phi) is 17.5. The number of aryl methyl sites for hydroxylation is 1. The highest BCUT2D eigenvalue weighted by Gasteiger charge is 2.58. The van der Waals surface area contributed by atoms with Crippen LogP contribution in [-0.2, 0) is 6.42 Å². The number of aromatic hydroxyl groups is 1. The van der Waals surface area contributed by atoms with Crippen LogP contribution in [0.5, 0.6) is 11.5 Å². The summed E-state index contributed by atoms with van der Waals surface area (Å²) in [5, 5.41) is 49.4. The van der Waals surface area contributed by atoms with Gasteiger partial charge in [0.25, 0.3) is 0 Å².